The number of nitrogens with one attached hydrogen (secondary N) is 1. The number of esters is 1. The minimum atomic E-state index is -1.40. The van der Waals surface area contributed by atoms with Crippen molar-refractivity contribution in [2.45, 2.75) is 78.8 Å². The number of methoxy groups -OCH3 is 1. The van der Waals surface area contributed by atoms with E-state index in [4.69, 9.17) is 4.74 Å². The van der Waals surface area contributed by atoms with E-state index in [9.17, 15) is 9.59 Å². The van der Waals surface area contributed by atoms with Crippen LogP contribution in [-0.4, -0.2) is 43.1 Å². The van der Waals surface area contributed by atoms with Gasteiger partial charge in [-0.05, 0) is 44.1 Å². The van der Waals surface area contributed by atoms with E-state index in [-0.39, 0.29) is 17.5 Å². The third-order valence-electron chi connectivity index (χ3n) is 5.67. The van der Waals surface area contributed by atoms with Crippen LogP contribution >= 0.6 is 18.6 Å². The molecule has 0 aliphatic rings. The standard InChI is InChI=1S/C22H38NO3PS/c1-7-10-13-27(14-11-8-2,15-12-9-3)18(5)21(24)23-19-17(4)16-28-20(19)22(25)26-6/h16,18H,7-15H2,1-6H3/p+1. The van der Waals surface area contributed by atoms with Crippen LogP contribution in [0.4, 0.5) is 5.69 Å². The fraction of sp³-hybridized carbons (Fsp3) is 0.727. The van der Waals surface area contributed by atoms with Gasteiger partial charge in [0.25, 0.3) is 5.91 Å². The first-order valence-corrected chi connectivity index (χ1v) is 14.0. The minimum Gasteiger partial charge on any atom is -0.465 e. The van der Waals surface area contributed by atoms with Gasteiger partial charge in [-0.25, -0.2) is 4.79 Å². The van der Waals surface area contributed by atoms with Crippen LogP contribution in [0.5, 0.6) is 0 Å². The number of aryl methyl sites for hydroxylation is 1. The maximum atomic E-state index is 13.3. The summed E-state index contributed by atoms with van der Waals surface area (Å²) in [5.41, 5.74) is 1.57. The van der Waals surface area contributed by atoms with Crippen molar-refractivity contribution in [2.75, 3.05) is 30.9 Å². The Morgan fingerprint density at radius 3 is 2.00 bits per heavy atom. The maximum absolute atomic E-state index is 13.3. The number of ether oxygens (including phenoxy) is 1. The summed E-state index contributed by atoms with van der Waals surface area (Å²) in [6, 6.07) is 0. The molecule has 1 heterocycles. The molecule has 1 rings (SSSR count). The third kappa shape index (κ3) is 6.56. The second kappa shape index (κ2) is 12.6. The zero-order chi connectivity index (χ0) is 21.2. The highest BCUT2D eigenvalue weighted by molar-refractivity contribution is 7.77. The molecule has 4 nitrogen and oxygen atoms in total. The van der Waals surface area contributed by atoms with Crippen LogP contribution in [0.3, 0.4) is 0 Å². The summed E-state index contributed by atoms with van der Waals surface area (Å²) in [6.45, 7) is 10.8. The van der Waals surface area contributed by atoms with Gasteiger partial charge in [0, 0.05) is 7.26 Å². The van der Waals surface area contributed by atoms with E-state index in [0.717, 1.165) is 5.56 Å². The first-order chi connectivity index (χ1) is 13.4. The van der Waals surface area contributed by atoms with E-state index in [1.807, 2.05) is 12.3 Å². The number of carbonyl (C=O) groups excluding carboxylic acids is 2. The molecule has 0 aliphatic heterocycles. The topological polar surface area (TPSA) is 55.4 Å². The Balaban J connectivity index is 3.12. The van der Waals surface area contributed by atoms with Crippen molar-refractivity contribution in [3.8, 4) is 0 Å². The van der Waals surface area contributed by atoms with Gasteiger partial charge in [-0.2, -0.15) is 0 Å². The Hall–Kier alpha value is -0.930. The van der Waals surface area contributed by atoms with Crippen LogP contribution in [0.2, 0.25) is 0 Å². The molecule has 0 aromatic carbocycles. The van der Waals surface area contributed by atoms with Gasteiger partial charge in [0.1, 0.15) is 10.5 Å². The van der Waals surface area contributed by atoms with E-state index in [1.165, 1.54) is 75.5 Å². The van der Waals surface area contributed by atoms with E-state index in [0.29, 0.717) is 10.6 Å². The van der Waals surface area contributed by atoms with Crippen molar-refractivity contribution in [1.82, 2.24) is 0 Å². The average molecular weight is 429 g/mol. The van der Waals surface area contributed by atoms with Crippen molar-refractivity contribution in [1.29, 1.82) is 0 Å². The quantitative estimate of drug-likeness (QED) is 0.285. The molecular weight excluding hydrogens is 389 g/mol. The number of unbranched alkanes of at least 4 members (excludes halogenated alkanes) is 3. The molecule has 0 bridgehead atoms. The van der Waals surface area contributed by atoms with Gasteiger partial charge < -0.3 is 10.1 Å². The highest BCUT2D eigenvalue weighted by atomic mass is 32.1. The molecule has 0 saturated carbocycles. The zero-order valence-electron chi connectivity index (χ0n) is 18.6. The third-order valence-corrected chi connectivity index (χ3v) is 12.2. The molecule has 0 spiro atoms. The van der Waals surface area contributed by atoms with Crippen LogP contribution in [-0.2, 0) is 9.53 Å². The van der Waals surface area contributed by atoms with Gasteiger partial charge in [-0.15, -0.1) is 11.3 Å². The predicted octanol–water partition coefficient (Wildman–Crippen LogP) is 6.59. The Morgan fingerprint density at radius 2 is 1.57 bits per heavy atom. The fourth-order valence-electron chi connectivity index (χ4n) is 3.65. The SMILES string of the molecule is CCCC[P+](CCCC)(CCCC)C(C)C(=O)Nc1c(C)csc1C(=O)OC. The number of carbonyl (C=O) groups is 2. The summed E-state index contributed by atoms with van der Waals surface area (Å²) in [6.07, 6.45) is 10.7. The van der Waals surface area contributed by atoms with Crippen molar-refractivity contribution in [3.05, 3.63) is 15.8 Å². The lowest BCUT2D eigenvalue weighted by molar-refractivity contribution is -0.115. The zero-order valence-corrected chi connectivity index (χ0v) is 20.3. The number of anilines is 1. The Labute approximate surface area is 176 Å². The molecule has 1 unspecified atom stereocenters. The van der Waals surface area contributed by atoms with Gasteiger partial charge in [0.2, 0.25) is 0 Å². The van der Waals surface area contributed by atoms with Gasteiger partial charge in [0.05, 0.1) is 31.3 Å². The first kappa shape index (κ1) is 25.1. The smallest absolute Gasteiger partial charge is 0.350 e. The lowest BCUT2D eigenvalue weighted by atomic mass is 10.2. The number of amides is 1. The summed E-state index contributed by atoms with van der Waals surface area (Å²) >= 11 is 1.33. The molecular formula is C22H39NO3PS+. The minimum absolute atomic E-state index is 0.0157. The molecule has 28 heavy (non-hydrogen) atoms. The van der Waals surface area contributed by atoms with Crippen LogP contribution in [0, 0.1) is 6.92 Å². The lowest BCUT2D eigenvalue weighted by Gasteiger charge is -2.32. The maximum Gasteiger partial charge on any atom is 0.350 e. The molecule has 0 radical (unpaired) electrons. The number of hydrogen-bond donors (Lipinski definition) is 1. The Morgan fingerprint density at radius 1 is 1.07 bits per heavy atom. The van der Waals surface area contributed by atoms with Gasteiger partial charge in [-0.3, -0.25) is 4.79 Å². The van der Waals surface area contributed by atoms with Crippen molar-refractivity contribution < 1.29 is 14.3 Å². The van der Waals surface area contributed by atoms with Gasteiger partial charge in [0.15, 0.2) is 0 Å². The summed E-state index contributed by atoms with van der Waals surface area (Å²) in [5.74, 6) is -0.312. The fourth-order valence-corrected chi connectivity index (χ4v) is 9.81. The molecule has 1 aromatic heterocycles. The highest BCUT2D eigenvalue weighted by Gasteiger charge is 2.45. The molecule has 0 aliphatic carbocycles. The van der Waals surface area contributed by atoms with E-state index >= 15 is 0 Å². The van der Waals surface area contributed by atoms with Gasteiger partial charge >= 0.3 is 5.97 Å². The molecule has 1 atom stereocenters. The molecule has 6 heteroatoms. The largest absolute Gasteiger partial charge is 0.465 e. The molecule has 160 valence electrons. The predicted molar refractivity (Wildman–Crippen MR) is 125 cm³/mol. The molecule has 1 amide bonds. The van der Waals surface area contributed by atoms with Crippen molar-refractivity contribution >= 4 is 36.2 Å². The van der Waals surface area contributed by atoms with Crippen LogP contribution in [0.15, 0.2) is 5.38 Å². The monoisotopic (exact) mass is 428 g/mol. The lowest BCUT2D eigenvalue weighted by Crippen LogP contribution is -2.32. The highest BCUT2D eigenvalue weighted by Crippen LogP contribution is 2.64. The van der Waals surface area contributed by atoms with E-state index in [2.05, 4.69) is 33.0 Å². The summed E-state index contributed by atoms with van der Waals surface area (Å²) < 4.78 is 4.89. The summed E-state index contributed by atoms with van der Waals surface area (Å²) in [5, 5.41) is 5.01. The molecule has 0 fully saturated rings. The normalized spacial score (nSPS) is 12.6. The van der Waals surface area contributed by atoms with Crippen LogP contribution in [0.25, 0.3) is 0 Å². The second-order valence-corrected chi connectivity index (χ2v) is 13.2. The summed E-state index contributed by atoms with van der Waals surface area (Å²) in [7, 11) is -0.0195. The first-order valence-electron chi connectivity index (χ1n) is 10.7. The molecule has 1 N–H and O–H groups in total. The van der Waals surface area contributed by atoms with Crippen LogP contribution in [0.1, 0.15) is 81.5 Å². The number of thiophene rings is 1. The Kier molecular flexibility index (Phi) is 11.3. The molecule has 1 aromatic rings. The summed E-state index contributed by atoms with van der Waals surface area (Å²) in [4.78, 5) is 25.9. The van der Waals surface area contributed by atoms with Gasteiger partial charge in [-0.1, -0.05) is 40.0 Å². The number of hydrogen-bond acceptors (Lipinski definition) is 4. The van der Waals surface area contributed by atoms with Crippen molar-refractivity contribution in [3.63, 3.8) is 0 Å². The van der Waals surface area contributed by atoms with Crippen LogP contribution < -0.4 is 5.32 Å². The average Bonchev–Trinajstić information content (AvgIpc) is 3.06. The van der Waals surface area contributed by atoms with E-state index in [1.54, 1.807) is 0 Å². The molecule has 0 saturated heterocycles. The number of rotatable bonds is 13. The Bertz CT molecular complexity index is 608. The van der Waals surface area contributed by atoms with Crippen molar-refractivity contribution in [2.24, 2.45) is 0 Å². The second-order valence-electron chi connectivity index (χ2n) is 7.73. The van der Waals surface area contributed by atoms with E-state index < -0.39 is 7.26 Å².